The van der Waals surface area contributed by atoms with Gasteiger partial charge >= 0.3 is 0 Å². The van der Waals surface area contributed by atoms with Gasteiger partial charge in [-0.2, -0.15) is 0 Å². The third kappa shape index (κ3) is 3.96. The van der Waals surface area contributed by atoms with Crippen LogP contribution in [0.2, 0.25) is 0 Å². The maximum absolute atomic E-state index is 2.82. The fourth-order valence-corrected chi connectivity index (χ4v) is 11.8. The fraction of sp³-hybridized carbons (Fsp3) is 0.278. The monoisotopic (exact) mass is 526 g/mol. The zero-order chi connectivity index (χ0) is 25.8. The third-order valence-corrected chi connectivity index (χ3v) is 13.0. The molecule has 0 N–H and O–H groups in total. The van der Waals surface area contributed by atoms with E-state index in [-0.39, 0.29) is 0 Å². The highest BCUT2D eigenvalue weighted by Gasteiger charge is 2.53. The van der Waals surface area contributed by atoms with Crippen LogP contribution in [-0.2, 0) is 13.1 Å². The molecule has 2 aliphatic heterocycles. The maximum atomic E-state index is 2.82. The highest BCUT2D eigenvalue weighted by Crippen LogP contribution is 2.75. The van der Waals surface area contributed by atoms with E-state index in [2.05, 4.69) is 119 Å². The molecule has 0 bridgehead atoms. The van der Waals surface area contributed by atoms with Crippen LogP contribution in [0.1, 0.15) is 65.9 Å². The molecule has 0 unspecified atom stereocenters. The molecule has 0 spiro atoms. The lowest BCUT2D eigenvalue weighted by Crippen LogP contribution is -2.41. The van der Waals surface area contributed by atoms with Crippen molar-refractivity contribution >= 4 is 29.5 Å². The molecule has 1 saturated carbocycles. The van der Waals surface area contributed by atoms with Crippen LogP contribution in [0.4, 0.5) is 0 Å². The number of fused-ring (bicyclic) bond motifs is 4. The van der Waals surface area contributed by atoms with Crippen molar-refractivity contribution in [3.8, 4) is 0 Å². The molecule has 2 atom stereocenters. The van der Waals surface area contributed by atoms with Gasteiger partial charge in [-0.05, 0) is 62.3 Å². The lowest BCUT2D eigenvalue weighted by molar-refractivity contribution is -0.0551. The van der Waals surface area contributed by atoms with E-state index in [0.717, 1.165) is 18.7 Å². The van der Waals surface area contributed by atoms with E-state index in [1.807, 2.05) is 0 Å². The lowest BCUT2D eigenvalue weighted by Gasteiger charge is -2.39. The van der Waals surface area contributed by atoms with Gasteiger partial charge in [0.05, 0.1) is 11.6 Å². The van der Waals surface area contributed by atoms with Crippen molar-refractivity contribution in [2.45, 2.75) is 62.4 Å². The molecular weight excluding hydrogens is 491 g/mol. The first-order chi connectivity index (χ1) is 19.4. The van der Waals surface area contributed by atoms with E-state index in [1.54, 1.807) is 0 Å². The zero-order valence-corrected chi connectivity index (χ0v) is 23.3. The van der Waals surface area contributed by atoms with Gasteiger partial charge in [-0.1, -0.05) is 136 Å². The van der Waals surface area contributed by atoms with Crippen molar-refractivity contribution in [1.29, 1.82) is 0 Å². The predicted molar refractivity (Wildman–Crippen MR) is 165 cm³/mol. The lowest BCUT2D eigenvalue weighted by atomic mass is 10.0. The average molecular weight is 527 g/mol. The summed E-state index contributed by atoms with van der Waals surface area (Å²) in [5.74, 6) is 0.845. The van der Waals surface area contributed by atoms with Crippen molar-refractivity contribution in [2.24, 2.45) is 0 Å². The molecule has 2 fully saturated rings. The summed E-state index contributed by atoms with van der Waals surface area (Å²) in [5, 5.41) is 11.2. The molecule has 5 aromatic carbocycles. The van der Waals surface area contributed by atoms with Crippen molar-refractivity contribution in [3.63, 3.8) is 0 Å². The summed E-state index contributed by atoms with van der Waals surface area (Å²) >= 11 is 0. The van der Waals surface area contributed by atoms with Crippen molar-refractivity contribution in [1.82, 2.24) is 10.0 Å². The highest BCUT2D eigenvalue weighted by atomic mass is 31.1. The van der Waals surface area contributed by atoms with Gasteiger partial charge in [0.25, 0.3) is 0 Å². The minimum Gasteiger partial charge on any atom is -0.224 e. The number of rotatable bonds is 3. The minimum atomic E-state index is -0.390. The molecule has 3 aliphatic rings. The van der Waals surface area contributed by atoms with E-state index in [0.29, 0.717) is 11.6 Å². The molecule has 2 nitrogen and oxygen atoms in total. The number of benzene rings is 5. The summed E-state index contributed by atoms with van der Waals surface area (Å²) in [4.78, 5) is 0. The molecule has 2 heterocycles. The van der Waals surface area contributed by atoms with Crippen LogP contribution in [-0.4, -0.2) is 15.7 Å². The fourth-order valence-electron chi connectivity index (χ4n) is 7.66. The van der Waals surface area contributed by atoms with Crippen LogP contribution in [0.15, 0.2) is 109 Å². The second-order valence-electron chi connectivity index (χ2n) is 11.6. The standard InChI is InChI=1S/C36H35N2P/c1-2-18-30(19-3-1)39-35(33-22-10-16-26-12-6-8-20-31(26)33)37-24-28-14-4-5-15-29(28)25-38(37)36(39)34-23-11-17-27-13-7-9-21-32(27)34/h4-17,20-23,30,35-36H,1-3,18-19,24-25H2/t35-,36-/m1/s1. The Morgan fingerprint density at radius 2 is 0.949 bits per heavy atom. The second kappa shape index (κ2) is 9.86. The molecule has 39 heavy (non-hydrogen) atoms. The van der Waals surface area contributed by atoms with Gasteiger partial charge in [0, 0.05) is 13.1 Å². The molecule has 8 rings (SSSR count). The first-order valence-corrected chi connectivity index (χ1v) is 16.2. The van der Waals surface area contributed by atoms with Gasteiger partial charge in [-0.25, -0.2) is 10.0 Å². The van der Waals surface area contributed by atoms with Gasteiger partial charge in [0.15, 0.2) is 0 Å². The smallest absolute Gasteiger partial charge is 0.0721 e. The first-order valence-electron chi connectivity index (χ1n) is 14.7. The SMILES string of the molecule is c1ccc2c(c1)CN1[C@@H](c3cccc4ccccc34)P(C3CCCCC3)[C@H](c3cccc4ccccc34)N1C2. The Hall–Kier alpha value is -3.03. The summed E-state index contributed by atoms with van der Waals surface area (Å²) in [5.41, 5.74) is 6.86. The Bertz CT molecular complexity index is 1530. The normalized spacial score (nSPS) is 22.8. The molecule has 0 radical (unpaired) electrons. The van der Waals surface area contributed by atoms with Crippen LogP contribution in [0.25, 0.3) is 21.5 Å². The summed E-state index contributed by atoms with van der Waals surface area (Å²) in [6, 6.07) is 41.4. The molecule has 5 aromatic rings. The quantitative estimate of drug-likeness (QED) is 0.216. The molecule has 194 valence electrons. The number of hydrogen-bond donors (Lipinski definition) is 0. The summed E-state index contributed by atoms with van der Waals surface area (Å²) in [6.07, 6.45) is 6.92. The molecule has 0 aromatic heterocycles. The Morgan fingerprint density at radius 3 is 1.49 bits per heavy atom. The number of hydrogen-bond acceptors (Lipinski definition) is 2. The van der Waals surface area contributed by atoms with Crippen molar-refractivity contribution in [3.05, 3.63) is 131 Å². The van der Waals surface area contributed by atoms with Crippen LogP contribution in [0.3, 0.4) is 0 Å². The highest BCUT2D eigenvalue weighted by molar-refractivity contribution is 7.59. The second-order valence-corrected chi connectivity index (χ2v) is 14.2. The summed E-state index contributed by atoms with van der Waals surface area (Å²) in [6.45, 7) is 1.99. The Balaban J connectivity index is 1.38. The first kappa shape index (κ1) is 23.8. The Labute approximate surface area is 233 Å². The average Bonchev–Trinajstić information content (AvgIpc) is 3.33. The summed E-state index contributed by atoms with van der Waals surface area (Å²) < 4.78 is 0. The van der Waals surface area contributed by atoms with Gasteiger partial charge in [-0.3, -0.25) is 0 Å². The van der Waals surface area contributed by atoms with Crippen LogP contribution in [0.5, 0.6) is 0 Å². The van der Waals surface area contributed by atoms with Crippen LogP contribution >= 0.6 is 7.92 Å². The minimum absolute atomic E-state index is 0.390. The van der Waals surface area contributed by atoms with E-state index in [4.69, 9.17) is 0 Å². The molecule has 1 saturated heterocycles. The third-order valence-electron chi connectivity index (χ3n) is 9.44. The summed E-state index contributed by atoms with van der Waals surface area (Å²) in [7, 11) is -0.390. The largest absolute Gasteiger partial charge is 0.224 e. The number of nitrogens with zero attached hydrogens (tertiary/aromatic N) is 2. The Morgan fingerprint density at radius 1 is 0.487 bits per heavy atom. The van der Waals surface area contributed by atoms with Gasteiger partial charge in [0.2, 0.25) is 0 Å². The topological polar surface area (TPSA) is 6.48 Å². The molecule has 0 amide bonds. The zero-order valence-electron chi connectivity index (χ0n) is 22.4. The van der Waals surface area contributed by atoms with Gasteiger partial charge in [0.1, 0.15) is 0 Å². The maximum Gasteiger partial charge on any atom is 0.0721 e. The number of hydrazine groups is 1. The van der Waals surface area contributed by atoms with Crippen molar-refractivity contribution in [2.75, 3.05) is 0 Å². The van der Waals surface area contributed by atoms with Gasteiger partial charge < -0.3 is 0 Å². The predicted octanol–water partition coefficient (Wildman–Crippen LogP) is 9.75. The van der Waals surface area contributed by atoms with Gasteiger partial charge in [-0.15, -0.1) is 0 Å². The molecular formula is C36H35N2P. The molecule has 1 aliphatic carbocycles. The van der Waals surface area contributed by atoms with Crippen LogP contribution < -0.4 is 0 Å². The molecule has 3 heteroatoms. The Kier molecular flexibility index (Phi) is 6.02. The van der Waals surface area contributed by atoms with Crippen LogP contribution in [0, 0.1) is 0 Å². The van der Waals surface area contributed by atoms with E-state index in [9.17, 15) is 0 Å². The van der Waals surface area contributed by atoms with Crippen molar-refractivity contribution < 1.29 is 0 Å². The van der Waals surface area contributed by atoms with E-state index in [1.165, 1.54) is 75.9 Å². The van der Waals surface area contributed by atoms with E-state index < -0.39 is 7.92 Å². The van der Waals surface area contributed by atoms with E-state index >= 15 is 0 Å².